The molecular formula is C6H11N3O3. The lowest BCUT2D eigenvalue weighted by molar-refractivity contribution is -0.384. The third kappa shape index (κ3) is 4.34. The van der Waals surface area contributed by atoms with Gasteiger partial charge in [0.15, 0.2) is 0 Å². The van der Waals surface area contributed by atoms with Gasteiger partial charge in [0.25, 0.3) is 5.69 Å². The maximum atomic E-state index is 10.0. The highest BCUT2D eigenvalue weighted by Crippen LogP contribution is 2.06. The van der Waals surface area contributed by atoms with Gasteiger partial charge in [0.05, 0.1) is 4.92 Å². The van der Waals surface area contributed by atoms with Gasteiger partial charge in [0, 0.05) is 12.1 Å². The standard InChI is InChI=1S/C6H5NO2.H4N2.H2O/c8-7(9)6-4-2-1-3-5-6;1-2;/h1-5H;1-2H2;1H2. The van der Waals surface area contributed by atoms with Gasteiger partial charge in [-0.1, -0.05) is 18.2 Å². The molecule has 0 aliphatic carbocycles. The summed E-state index contributed by atoms with van der Waals surface area (Å²) in [5, 5.41) is 10.0. The molecule has 0 aliphatic rings. The molecule has 0 saturated heterocycles. The number of nitro benzene ring substituents is 1. The summed E-state index contributed by atoms with van der Waals surface area (Å²) in [6.45, 7) is 0. The van der Waals surface area contributed by atoms with Crippen LogP contribution in [0.2, 0.25) is 0 Å². The fourth-order valence-electron chi connectivity index (χ4n) is 0.550. The monoisotopic (exact) mass is 173 g/mol. The van der Waals surface area contributed by atoms with Crippen LogP contribution in [0, 0.1) is 10.1 Å². The van der Waals surface area contributed by atoms with Crippen LogP contribution in [0.3, 0.4) is 0 Å². The average Bonchev–Trinajstić information content (AvgIpc) is 2.10. The van der Waals surface area contributed by atoms with E-state index in [4.69, 9.17) is 0 Å². The van der Waals surface area contributed by atoms with Crippen LogP contribution in [0.4, 0.5) is 5.69 Å². The van der Waals surface area contributed by atoms with Gasteiger partial charge in [-0.25, -0.2) is 0 Å². The van der Waals surface area contributed by atoms with E-state index in [1.165, 1.54) is 12.1 Å². The van der Waals surface area contributed by atoms with Gasteiger partial charge >= 0.3 is 0 Å². The number of rotatable bonds is 1. The van der Waals surface area contributed by atoms with E-state index in [1.54, 1.807) is 18.2 Å². The number of hydrazine groups is 1. The molecule has 0 aromatic heterocycles. The molecule has 0 heterocycles. The van der Waals surface area contributed by atoms with Crippen LogP contribution in [0.15, 0.2) is 30.3 Å². The zero-order chi connectivity index (χ0) is 8.69. The van der Waals surface area contributed by atoms with Gasteiger partial charge in [0.1, 0.15) is 0 Å². The molecule has 0 unspecified atom stereocenters. The number of hydrogen-bond acceptors (Lipinski definition) is 4. The molecule has 0 atom stereocenters. The van der Waals surface area contributed by atoms with Gasteiger partial charge in [-0.2, -0.15) is 0 Å². The minimum atomic E-state index is -0.417. The Bertz CT molecular complexity index is 215. The number of benzene rings is 1. The van der Waals surface area contributed by atoms with Crippen molar-refractivity contribution in [1.29, 1.82) is 0 Å². The fourth-order valence-corrected chi connectivity index (χ4v) is 0.550. The Balaban J connectivity index is 0. The van der Waals surface area contributed by atoms with E-state index in [1.807, 2.05) is 0 Å². The molecule has 6 nitrogen and oxygen atoms in total. The van der Waals surface area contributed by atoms with E-state index in [0.29, 0.717) is 0 Å². The molecule has 0 amide bonds. The van der Waals surface area contributed by atoms with Crippen LogP contribution in [0.1, 0.15) is 0 Å². The number of para-hydroxylation sites is 1. The molecule has 6 N–H and O–H groups in total. The predicted octanol–water partition coefficient (Wildman–Crippen LogP) is -0.411. The molecular weight excluding hydrogens is 162 g/mol. The van der Waals surface area contributed by atoms with E-state index in [2.05, 4.69) is 11.7 Å². The Morgan fingerprint density at radius 1 is 1.17 bits per heavy atom. The van der Waals surface area contributed by atoms with Crippen LogP contribution in [-0.2, 0) is 0 Å². The normalized spacial score (nSPS) is 7.17. The number of nitrogens with zero attached hydrogens (tertiary/aromatic N) is 1. The fraction of sp³-hybridized carbons (Fsp3) is 0. The van der Waals surface area contributed by atoms with Crippen molar-refractivity contribution in [1.82, 2.24) is 0 Å². The molecule has 6 heteroatoms. The van der Waals surface area contributed by atoms with Crippen molar-refractivity contribution in [3.63, 3.8) is 0 Å². The Hall–Kier alpha value is -1.50. The van der Waals surface area contributed by atoms with Crippen LogP contribution in [0.5, 0.6) is 0 Å². The van der Waals surface area contributed by atoms with Gasteiger partial charge in [0.2, 0.25) is 0 Å². The van der Waals surface area contributed by atoms with Crippen LogP contribution < -0.4 is 11.7 Å². The first kappa shape index (κ1) is 13.1. The first-order valence-corrected chi connectivity index (χ1v) is 2.83. The summed E-state index contributed by atoms with van der Waals surface area (Å²) in [5.74, 6) is 8.00. The second-order valence-corrected chi connectivity index (χ2v) is 1.59. The molecule has 68 valence electrons. The molecule has 0 fully saturated rings. The Labute approximate surface area is 69.2 Å². The van der Waals surface area contributed by atoms with Gasteiger partial charge in [-0.05, 0) is 0 Å². The molecule has 0 bridgehead atoms. The summed E-state index contributed by atoms with van der Waals surface area (Å²) < 4.78 is 0. The molecule has 12 heavy (non-hydrogen) atoms. The van der Waals surface area contributed by atoms with Crippen molar-refractivity contribution in [2.24, 2.45) is 11.7 Å². The summed E-state index contributed by atoms with van der Waals surface area (Å²) in [4.78, 5) is 9.59. The van der Waals surface area contributed by atoms with Crippen LogP contribution in [-0.4, -0.2) is 10.4 Å². The van der Waals surface area contributed by atoms with Crippen molar-refractivity contribution in [2.75, 3.05) is 0 Å². The summed E-state index contributed by atoms with van der Waals surface area (Å²) in [5.41, 5.74) is 0.137. The highest BCUT2D eigenvalue weighted by atomic mass is 16.6. The van der Waals surface area contributed by atoms with Crippen molar-refractivity contribution in [3.05, 3.63) is 40.4 Å². The lowest BCUT2D eigenvalue weighted by atomic mass is 10.3. The maximum Gasteiger partial charge on any atom is 0.269 e. The van der Waals surface area contributed by atoms with Gasteiger partial charge in [-0.15, -0.1) is 0 Å². The molecule has 1 aromatic carbocycles. The zero-order valence-corrected chi connectivity index (χ0v) is 6.31. The summed E-state index contributed by atoms with van der Waals surface area (Å²) in [6.07, 6.45) is 0. The lowest BCUT2D eigenvalue weighted by Gasteiger charge is -1.85. The third-order valence-corrected chi connectivity index (χ3v) is 0.967. The smallest absolute Gasteiger partial charge is 0.269 e. The minimum Gasteiger partial charge on any atom is -0.412 e. The Morgan fingerprint density at radius 2 is 1.58 bits per heavy atom. The zero-order valence-electron chi connectivity index (χ0n) is 6.31. The summed E-state index contributed by atoms with van der Waals surface area (Å²) in [6, 6.07) is 7.93. The van der Waals surface area contributed by atoms with Gasteiger partial charge in [-0.3, -0.25) is 21.8 Å². The van der Waals surface area contributed by atoms with E-state index in [-0.39, 0.29) is 11.2 Å². The molecule has 0 radical (unpaired) electrons. The van der Waals surface area contributed by atoms with Crippen LogP contribution >= 0.6 is 0 Å². The Kier molecular flexibility index (Phi) is 8.31. The van der Waals surface area contributed by atoms with Crippen molar-refractivity contribution in [2.45, 2.75) is 0 Å². The minimum absolute atomic E-state index is 0. The molecule has 0 spiro atoms. The second-order valence-electron chi connectivity index (χ2n) is 1.59. The second kappa shape index (κ2) is 7.61. The number of non-ortho nitro benzene ring substituents is 1. The molecule has 0 saturated carbocycles. The largest absolute Gasteiger partial charge is 0.412 e. The maximum absolute atomic E-state index is 10.0. The lowest BCUT2D eigenvalue weighted by Crippen LogP contribution is -2.02. The van der Waals surface area contributed by atoms with Crippen molar-refractivity contribution < 1.29 is 10.4 Å². The van der Waals surface area contributed by atoms with Crippen molar-refractivity contribution >= 4 is 5.69 Å². The Morgan fingerprint density at radius 3 is 1.83 bits per heavy atom. The van der Waals surface area contributed by atoms with E-state index < -0.39 is 4.92 Å². The quantitative estimate of drug-likeness (QED) is 0.340. The number of hydrogen-bond donors (Lipinski definition) is 2. The highest BCUT2D eigenvalue weighted by Gasteiger charge is 1.98. The highest BCUT2D eigenvalue weighted by molar-refractivity contribution is 5.27. The molecule has 0 aliphatic heterocycles. The summed E-state index contributed by atoms with van der Waals surface area (Å²) >= 11 is 0. The van der Waals surface area contributed by atoms with Crippen molar-refractivity contribution in [3.8, 4) is 0 Å². The number of nitro groups is 1. The molecule has 1 aromatic rings. The third-order valence-electron chi connectivity index (χ3n) is 0.967. The van der Waals surface area contributed by atoms with E-state index in [9.17, 15) is 10.1 Å². The first-order valence-electron chi connectivity index (χ1n) is 2.83. The number of nitrogens with two attached hydrogens (primary N) is 2. The summed E-state index contributed by atoms with van der Waals surface area (Å²) in [7, 11) is 0. The van der Waals surface area contributed by atoms with E-state index >= 15 is 0 Å². The molecule has 1 rings (SSSR count). The topological polar surface area (TPSA) is 127 Å². The average molecular weight is 173 g/mol. The predicted molar refractivity (Wildman–Crippen MR) is 45.1 cm³/mol. The van der Waals surface area contributed by atoms with E-state index in [0.717, 1.165) is 0 Å². The van der Waals surface area contributed by atoms with Crippen LogP contribution in [0.25, 0.3) is 0 Å². The SMILES string of the molecule is NN.O.O=[N+]([O-])c1ccccc1. The first-order chi connectivity index (χ1) is 5.30. The van der Waals surface area contributed by atoms with Gasteiger partial charge < -0.3 is 5.48 Å².